The van der Waals surface area contributed by atoms with Gasteiger partial charge < -0.3 is 0 Å². The fourth-order valence-electron chi connectivity index (χ4n) is 3.80. The van der Waals surface area contributed by atoms with Crippen molar-refractivity contribution >= 4 is 10.0 Å². The maximum Gasteiger partial charge on any atom is 0.00282 e. The average Bonchev–Trinajstić information content (AvgIpc) is 2.70. The van der Waals surface area contributed by atoms with Crippen LogP contribution in [0.4, 0.5) is 0 Å². The van der Waals surface area contributed by atoms with Gasteiger partial charge in [0.2, 0.25) is 0 Å². The minimum atomic E-state index is -1.56. The van der Waals surface area contributed by atoms with Gasteiger partial charge in [0.25, 0.3) is 0 Å². The number of rotatable bonds is 4. The van der Waals surface area contributed by atoms with Crippen LogP contribution in [0.2, 0.25) is 0 Å². The molecule has 0 aliphatic carbocycles. The number of hydrogen-bond donors (Lipinski definition) is 0. The topological polar surface area (TPSA) is 0 Å². The van der Waals surface area contributed by atoms with Gasteiger partial charge in [-0.3, -0.25) is 0 Å². The Balaban J connectivity index is 2.16. The van der Waals surface area contributed by atoms with E-state index in [2.05, 4.69) is 123 Å². The van der Waals surface area contributed by atoms with E-state index in [9.17, 15) is 0 Å². The third-order valence-corrected chi connectivity index (χ3v) is 8.72. The lowest BCUT2D eigenvalue weighted by molar-refractivity contribution is 1.21. The zero-order chi connectivity index (χ0) is 18.7. The summed E-state index contributed by atoms with van der Waals surface area (Å²) in [5.74, 6) is 0. The molecule has 0 bridgehead atoms. The Morgan fingerprint density at radius 2 is 0.741 bits per heavy atom. The molecular weight excluding hydrogens is 344 g/mol. The highest BCUT2D eigenvalue weighted by atomic mass is 32.3. The number of aryl methyl sites for hydroxylation is 2. The summed E-state index contributed by atoms with van der Waals surface area (Å²) in [6.45, 7) is 4.39. The highest BCUT2D eigenvalue weighted by molar-refractivity contribution is 8.34. The highest BCUT2D eigenvalue weighted by Gasteiger charge is 2.33. The Bertz CT molecular complexity index is 905. The van der Waals surface area contributed by atoms with E-state index in [4.69, 9.17) is 0 Å². The molecule has 4 aromatic rings. The molecule has 4 aromatic carbocycles. The van der Waals surface area contributed by atoms with Crippen molar-refractivity contribution in [1.82, 2.24) is 0 Å². The molecular formula is C26H24S. The van der Waals surface area contributed by atoms with Crippen LogP contribution in [-0.4, -0.2) is 0 Å². The molecule has 0 aromatic heterocycles. The molecule has 0 nitrogen and oxygen atoms in total. The summed E-state index contributed by atoms with van der Waals surface area (Å²) >= 11 is 0. The van der Waals surface area contributed by atoms with Gasteiger partial charge in [0.1, 0.15) is 0 Å². The number of hydrogen-bond acceptors (Lipinski definition) is 0. The molecule has 0 amide bonds. The van der Waals surface area contributed by atoms with Gasteiger partial charge in [-0.25, -0.2) is 0 Å². The van der Waals surface area contributed by atoms with Crippen LogP contribution in [0, 0.1) is 13.8 Å². The first-order valence-corrected chi connectivity index (χ1v) is 10.9. The van der Waals surface area contributed by atoms with E-state index >= 15 is 0 Å². The maximum atomic E-state index is 2.37. The van der Waals surface area contributed by atoms with Crippen molar-refractivity contribution in [1.29, 1.82) is 0 Å². The average molecular weight is 369 g/mol. The molecule has 0 atom stereocenters. The quantitative estimate of drug-likeness (QED) is 0.347. The summed E-state index contributed by atoms with van der Waals surface area (Å²) in [4.78, 5) is 5.50. The predicted octanol–water partition coefficient (Wildman–Crippen LogP) is 7.64. The lowest BCUT2D eigenvalue weighted by Gasteiger charge is -2.42. The Morgan fingerprint density at radius 3 is 1.07 bits per heavy atom. The van der Waals surface area contributed by atoms with Crippen molar-refractivity contribution in [3.63, 3.8) is 0 Å². The van der Waals surface area contributed by atoms with E-state index in [-0.39, 0.29) is 0 Å². The second-order valence-electron chi connectivity index (χ2n) is 6.87. The van der Waals surface area contributed by atoms with Gasteiger partial charge in [-0.1, -0.05) is 60.7 Å². The van der Waals surface area contributed by atoms with Crippen LogP contribution in [0.5, 0.6) is 0 Å². The predicted molar refractivity (Wildman–Crippen MR) is 116 cm³/mol. The van der Waals surface area contributed by atoms with E-state index in [0.29, 0.717) is 0 Å². The van der Waals surface area contributed by atoms with Gasteiger partial charge in [0.05, 0.1) is 0 Å². The van der Waals surface area contributed by atoms with Crippen LogP contribution in [0.25, 0.3) is 0 Å². The summed E-state index contributed by atoms with van der Waals surface area (Å²) in [6.07, 6.45) is 0. The Kier molecular flexibility index (Phi) is 4.87. The first-order valence-electron chi connectivity index (χ1n) is 9.28. The third kappa shape index (κ3) is 3.20. The van der Waals surface area contributed by atoms with Crippen molar-refractivity contribution in [2.24, 2.45) is 0 Å². The molecule has 0 spiro atoms. The van der Waals surface area contributed by atoms with Crippen LogP contribution in [0.1, 0.15) is 11.1 Å². The monoisotopic (exact) mass is 368 g/mol. The van der Waals surface area contributed by atoms with Crippen LogP contribution in [-0.2, 0) is 0 Å². The molecule has 27 heavy (non-hydrogen) atoms. The SMILES string of the molecule is Cc1cc(C)cc(S(c2ccccc2)(c2ccccc2)c2ccccc2)c1. The van der Waals surface area contributed by atoms with Crippen molar-refractivity contribution in [2.75, 3.05) is 0 Å². The van der Waals surface area contributed by atoms with Gasteiger partial charge in [-0.2, -0.15) is 0 Å². The summed E-state index contributed by atoms with van der Waals surface area (Å²) in [6, 6.07) is 40.0. The molecule has 0 unspecified atom stereocenters. The first-order chi connectivity index (χ1) is 13.2. The molecule has 0 saturated carbocycles. The molecule has 0 fully saturated rings. The summed E-state index contributed by atoms with van der Waals surface area (Å²) in [5, 5.41) is 0. The van der Waals surface area contributed by atoms with Crippen molar-refractivity contribution in [3.05, 3.63) is 120 Å². The second kappa shape index (κ2) is 7.46. The Hall–Kier alpha value is -2.77. The lowest BCUT2D eigenvalue weighted by atomic mass is 10.2. The Labute approximate surface area is 163 Å². The van der Waals surface area contributed by atoms with Gasteiger partial charge in [-0.15, -0.1) is 10.0 Å². The van der Waals surface area contributed by atoms with E-state index < -0.39 is 10.0 Å². The van der Waals surface area contributed by atoms with Crippen molar-refractivity contribution in [2.45, 2.75) is 33.4 Å². The smallest absolute Gasteiger partial charge is 0.00282 e. The van der Waals surface area contributed by atoms with Gasteiger partial charge in [0, 0.05) is 19.6 Å². The van der Waals surface area contributed by atoms with E-state index in [1.54, 1.807) is 0 Å². The van der Waals surface area contributed by atoms with Crippen molar-refractivity contribution in [3.8, 4) is 0 Å². The van der Waals surface area contributed by atoms with Crippen LogP contribution in [0.15, 0.2) is 129 Å². The molecule has 0 aliphatic rings. The van der Waals surface area contributed by atoms with Crippen LogP contribution >= 0.6 is 10.0 Å². The van der Waals surface area contributed by atoms with Crippen molar-refractivity contribution < 1.29 is 0 Å². The molecule has 134 valence electrons. The summed E-state index contributed by atoms with van der Waals surface area (Å²) < 4.78 is 0. The fourth-order valence-corrected chi connectivity index (χ4v) is 7.85. The van der Waals surface area contributed by atoms with E-state index in [1.165, 1.54) is 30.7 Å². The molecule has 0 aliphatic heterocycles. The number of benzene rings is 4. The summed E-state index contributed by atoms with van der Waals surface area (Å²) in [5.41, 5.74) is 2.62. The zero-order valence-corrected chi connectivity index (χ0v) is 16.6. The third-order valence-electron chi connectivity index (χ3n) is 4.84. The fraction of sp³-hybridized carbons (Fsp3) is 0.0769. The largest absolute Gasteiger partial charge is 0.133 e. The molecule has 0 saturated heterocycles. The molecule has 4 rings (SSSR count). The van der Waals surface area contributed by atoms with Gasteiger partial charge in [-0.05, 0) is 73.5 Å². The lowest BCUT2D eigenvalue weighted by Crippen LogP contribution is -2.05. The maximum absolute atomic E-state index is 2.37. The normalized spacial score (nSPS) is 11.9. The van der Waals surface area contributed by atoms with Gasteiger partial charge in [0.15, 0.2) is 0 Å². The molecule has 0 radical (unpaired) electrons. The summed E-state index contributed by atoms with van der Waals surface area (Å²) in [7, 11) is -1.56. The van der Waals surface area contributed by atoms with Crippen LogP contribution < -0.4 is 0 Å². The minimum Gasteiger partial charge on any atom is -0.133 e. The zero-order valence-electron chi connectivity index (χ0n) is 15.8. The molecule has 1 heteroatoms. The minimum absolute atomic E-state index is 1.31. The highest BCUT2D eigenvalue weighted by Crippen LogP contribution is 2.73. The first kappa shape index (κ1) is 17.6. The van der Waals surface area contributed by atoms with Crippen LogP contribution in [0.3, 0.4) is 0 Å². The van der Waals surface area contributed by atoms with Gasteiger partial charge >= 0.3 is 0 Å². The molecule has 0 heterocycles. The standard InChI is InChI=1S/C26H24S/c1-21-18-22(2)20-26(19-21)27(23-12-6-3-7-13-23,24-14-8-4-9-15-24)25-16-10-5-11-17-25/h3-20H,1-2H3. The molecule has 0 N–H and O–H groups in total. The van der Waals surface area contributed by atoms with E-state index in [1.807, 2.05) is 0 Å². The second-order valence-corrected chi connectivity index (χ2v) is 9.99. The van der Waals surface area contributed by atoms with E-state index in [0.717, 1.165) is 0 Å². The Morgan fingerprint density at radius 1 is 0.407 bits per heavy atom.